The number of halogens is 2. The molecule has 346 valence electrons. The third kappa shape index (κ3) is 11.8. The number of aromatic nitrogens is 2. The molecule has 18 heteroatoms. The smallest absolute Gasteiger partial charge is 0.335 e. The van der Waals surface area contributed by atoms with Crippen LogP contribution < -0.4 is 26.6 Å². The van der Waals surface area contributed by atoms with Gasteiger partial charge in [-0.1, -0.05) is 26.0 Å². The molecule has 0 saturated heterocycles. The lowest BCUT2D eigenvalue weighted by molar-refractivity contribution is 0.0695. The van der Waals surface area contributed by atoms with E-state index in [1.54, 1.807) is 49.0 Å². The molecule has 0 aliphatic heterocycles. The Hall–Kier alpha value is -7.18. The van der Waals surface area contributed by atoms with Gasteiger partial charge in [0.05, 0.1) is 5.56 Å². The van der Waals surface area contributed by atoms with Gasteiger partial charge in [-0.15, -0.1) is 22.7 Å². The fraction of sp³-hybridized carbons (Fsp3) is 0.265. The molecular weight excluding hydrogens is 901 g/mol. The van der Waals surface area contributed by atoms with Gasteiger partial charge in [-0.3, -0.25) is 34.6 Å². The summed E-state index contributed by atoms with van der Waals surface area (Å²) >= 11 is 2.47. The van der Waals surface area contributed by atoms with E-state index in [-0.39, 0.29) is 69.2 Å². The lowest BCUT2D eigenvalue weighted by Crippen LogP contribution is -2.36. The Morgan fingerprint density at radius 2 is 1.01 bits per heavy atom. The Kier molecular flexibility index (Phi) is 14.7. The highest BCUT2D eigenvalue weighted by atomic mass is 32.1. The van der Waals surface area contributed by atoms with Crippen molar-refractivity contribution in [3.8, 4) is 22.3 Å². The first-order chi connectivity index (χ1) is 32.0. The van der Waals surface area contributed by atoms with E-state index in [0.29, 0.717) is 43.6 Å². The third-order valence-corrected chi connectivity index (χ3v) is 12.7. The molecule has 2 aliphatic rings. The first-order valence-corrected chi connectivity index (χ1v) is 23.2. The monoisotopic (exact) mass is 947 g/mol. The molecule has 0 spiro atoms. The van der Waals surface area contributed by atoms with Gasteiger partial charge >= 0.3 is 5.97 Å². The zero-order chi connectivity index (χ0) is 48.1. The minimum Gasteiger partial charge on any atom is -0.478 e. The number of anilines is 2. The maximum atomic E-state index is 15.0. The summed E-state index contributed by atoms with van der Waals surface area (Å²) in [6, 6.07) is 14.4. The van der Waals surface area contributed by atoms with Crippen LogP contribution in [0.15, 0.2) is 83.8 Å². The number of nitrogens with one attached hydrogen (secondary N) is 5. The quantitative estimate of drug-likeness (QED) is 0.0614. The van der Waals surface area contributed by atoms with Gasteiger partial charge < -0.3 is 21.1 Å². The predicted octanol–water partition coefficient (Wildman–Crippen LogP) is 9.28. The van der Waals surface area contributed by atoms with Crippen molar-refractivity contribution in [1.29, 1.82) is 0 Å². The van der Waals surface area contributed by atoms with Gasteiger partial charge in [0.25, 0.3) is 29.5 Å². The highest BCUT2D eigenvalue weighted by Gasteiger charge is 2.28. The molecule has 4 aromatic carbocycles. The average Bonchev–Trinajstić information content (AvgIpc) is 4.19. The van der Waals surface area contributed by atoms with E-state index in [1.807, 2.05) is 20.8 Å². The van der Waals surface area contributed by atoms with Crippen molar-refractivity contribution in [2.45, 2.75) is 78.4 Å². The van der Waals surface area contributed by atoms with Crippen molar-refractivity contribution in [3.63, 3.8) is 0 Å². The molecular formula is C49H47F2N7O7S2. The van der Waals surface area contributed by atoms with E-state index < -0.39 is 35.3 Å². The van der Waals surface area contributed by atoms with Crippen molar-refractivity contribution in [3.05, 3.63) is 140 Å². The number of carbonyl (C=O) groups is 6. The number of carboxylic acids is 1. The number of carboxylic acid groups (broad SMARTS) is 1. The number of rotatable bonds is 14. The summed E-state index contributed by atoms with van der Waals surface area (Å²) in [6.07, 6.45) is 6.70. The largest absolute Gasteiger partial charge is 0.478 e. The normalized spacial score (nSPS) is 13.4. The summed E-state index contributed by atoms with van der Waals surface area (Å²) in [5, 5.41) is 27.5. The second-order valence-corrected chi connectivity index (χ2v) is 18.5. The first kappa shape index (κ1) is 47.8. The lowest BCUT2D eigenvalue weighted by atomic mass is 9.91. The topological polar surface area (TPSA) is 209 Å². The molecule has 14 nitrogen and oxygen atoms in total. The van der Waals surface area contributed by atoms with Crippen LogP contribution in [0, 0.1) is 31.4 Å². The second-order valence-electron chi connectivity index (χ2n) is 16.7. The number of carbonyl (C=O) groups excluding carboxylic acids is 5. The van der Waals surface area contributed by atoms with Gasteiger partial charge in [-0.05, 0) is 134 Å². The van der Waals surface area contributed by atoms with E-state index in [2.05, 4.69) is 36.6 Å². The minimum absolute atomic E-state index is 0.0392. The maximum Gasteiger partial charge on any atom is 0.335 e. The van der Waals surface area contributed by atoms with Gasteiger partial charge in [0.1, 0.15) is 11.6 Å². The molecule has 5 amide bonds. The lowest BCUT2D eigenvalue weighted by Gasteiger charge is -2.19. The standard InChI is InChI=1S/C27H29FN4O3S.C22H18FN3O4S/c1-14(2)16(4)30-24(33)17-5-8-20(22(11-17)26(35)32-27-29-9-10-36-27)21-12-18(13-23(28)15(21)3)25(34)31-19-6-7-19;1-11-16(9-13(10-18(11)23)19(27)25-14-3-4-14)15-5-2-12(21(29)30)8-17(15)20(28)26-22-24-6-7-31-22/h5,8-14,16,19H,6-7H2,1-4H3,(H,30,33)(H,31,34)(H,29,32,35);2,5-10,14H,3-4H2,1H3,(H,25,27)(H,29,30)(H,24,26,28)/t16-;/m1./s1. The minimum atomic E-state index is -1.20. The number of aromatic carboxylic acids is 1. The Morgan fingerprint density at radius 1 is 0.582 bits per heavy atom. The SMILES string of the molecule is Cc1c(F)cc(C(=O)NC2CC2)cc1-c1ccc(C(=O)N[C@H](C)C(C)C)cc1C(=O)Nc1nccs1.Cc1c(F)cc(C(=O)NC2CC2)cc1-c1ccc(C(=O)O)cc1C(=O)Nc1nccs1. The van der Waals surface area contributed by atoms with Crippen molar-refractivity contribution < 1.29 is 42.7 Å². The summed E-state index contributed by atoms with van der Waals surface area (Å²) < 4.78 is 29.7. The van der Waals surface area contributed by atoms with Crippen LogP contribution in [0.4, 0.5) is 19.0 Å². The van der Waals surface area contributed by atoms with Gasteiger partial charge in [0, 0.05) is 69.1 Å². The van der Waals surface area contributed by atoms with Gasteiger partial charge in [0.2, 0.25) is 0 Å². The molecule has 0 unspecified atom stereocenters. The number of thiazole rings is 2. The number of hydrogen-bond acceptors (Lipinski definition) is 10. The third-order valence-electron chi connectivity index (χ3n) is 11.3. The Labute approximate surface area is 392 Å². The molecule has 0 bridgehead atoms. The van der Waals surface area contributed by atoms with Crippen molar-refractivity contribution >= 4 is 68.4 Å². The van der Waals surface area contributed by atoms with E-state index in [1.165, 1.54) is 65.3 Å². The van der Waals surface area contributed by atoms with Gasteiger partial charge in [-0.25, -0.2) is 23.5 Å². The van der Waals surface area contributed by atoms with Crippen LogP contribution in [0.2, 0.25) is 0 Å². The van der Waals surface area contributed by atoms with Crippen LogP contribution >= 0.6 is 22.7 Å². The second kappa shape index (κ2) is 20.6. The molecule has 6 aromatic rings. The van der Waals surface area contributed by atoms with Crippen LogP contribution in [-0.4, -0.2) is 68.7 Å². The molecule has 2 fully saturated rings. The van der Waals surface area contributed by atoms with Crippen LogP contribution in [0.3, 0.4) is 0 Å². The number of benzene rings is 4. The summed E-state index contributed by atoms with van der Waals surface area (Å²) in [4.78, 5) is 83.9. The highest BCUT2D eigenvalue weighted by Crippen LogP contribution is 2.34. The zero-order valence-corrected chi connectivity index (χ0v) is 38.7. The molecule has 2 aromatic heterocycles. The summed E-state index contributed by atoms with van der Waals surface area (Å²) in [7, 11) is 0. The molecule has 67 heavy (non-hydrogen) atoms. The fourth-order valence-electron chi connectivity index (χ4n) is 6.74. The zero-order valence-electron chi connectivity index (χ0n) is 37.1. The van der Waals surface area contributed by atoms with E-state index in [4.69, 9.17) is 0 Å². The Balaban J connectivity index is 0.000000201. The van der Waals surface area contributed by atoms with Crippen molar-refractivity contribution in [2.24, 2.45) is 5.92 Å². The van der Waals surface area contributed by atoms with E-state index >= 15 is 0 Å². The summed E-state index contributed by atoms with van der Waals surface area (Å²) in [5.74, 6) is -4.24. The highest BCUT2D eigenvalue weighted by molar-refractivity contribution is 7.14. The van der Waals surface area contributed by atoms with E-state index in [9.17, 15) is 42.7 Å². The summed E-state index contributed by atoms with van der Waals surface area (Å²) in [6.45, 7) is 9.06. The maximum absolute atomic E-state index is 15.0. The summed E-state index contributed by atoms with van der Waals surface area (Å²) in [5.41, 5.74) is 2.76. The molecule has 0 radical (unpaired) electrons. The molecule has 8 rings (SSSR count). The number of hydrogen-bond donors (Lipinski definition) is 6. The van der Waals surface area contributed by atoms with Gasteiger partial charge in [0.15, 0.2) is 10.3 Å². The molecule has 6 N–H and O–H groups in total. The van der Waals surface area contributed by atoms with Crippen molar-refractivity contribution in [2.75, 3.05) is 10.6 Å². The van der Waals surface area contributed by atoms with Crippen LogP contribution in [0.1, 0.15) is 120 Å². The fourth-order valence-corrected chi connectivity index (χ4v) is 7.78. The Bertz CT molecular complexity index is 2880. The van der Waals surface area contributed by atoms with E-state index in [0.717, 1.165) is 31.7 Å². The van der Waals surface area contributed by atoms with Crippen LogP contribution in [0.25, 0.3) is 22.3 Å². The van der Waals surface area contributed by atoms with Crippen LogP contribution in [-0.2, 0) is 0 Å². The first-order valence-electron chi connectivity index (χ1n) is 21.4. The Morgan fingerprint density at radius 3 is 1.40 bits per heavy atom. The van der Waals surface area contributed by atoms with Crippen LogP contribution in [0.5, 0.6) is 0 Å². The van der Waals surface area contributed by atoms with Crippen molar-refractivity contribution in [1.82, 2.24) is 25.9 Å². The molecule has 2 saturated carbocycles. The molecule has 2 heterocycles. The van der Waals surface area contributed by atoms with Gasteiger partial charge in [-0.2, -0.15) is 0 Å². The number of nitrogens with zero attached hydrogens (tertiary/aromatic N) is 2. The molecule has 1 atom stereocenters. The predicted molar refractivity (Wildman–Crippen MR) is 253 cm³/mol. The number of amides is 5. The molecule has 2 aliphatic carbocycles. The average molecular weight is 948 g/mol.